The van der Waals surface area contributed by atoms with Crippen molar-refractivity contribution in [2.75, 3.05) is 13.1 Å². The molecule has 0 aliphatic rings. The third-order valence-electron chi connectivity index (χ3n) is 3.28. The van der Waals surface area contributed by atoms with E-state index in [1.165, 1.54) is 0 Å². The number of hydrogen-bond acceptors (Lipinski definition) is 3. The molecule has 0 unspecified atom stereocenters. The van der Waals surface area contributed by atoms with Gasteiger partial charge in [-0.15, -0.1) is 0 Å². The first-order valence-electron chi connectivity index (χ1n) is 6.99. The van der Waals surface area contributed by atoms with Gasteiger partial charge in [-0.3, -0.25) is 14.0 Å². The van der Waals surface area contributed by atoms with Crippen molar-refractivity contribution in [2.45, 2.75) is 26.7 Å². The average molecular weight is 289 g/mol. The Bertz CT molecular complexity index is 663. The van der Waals surface area contributed by atoms with Crippen LogP contribution in [0.4, 0.5) is 0 Å². The molecule has 0 fully saturated rings. The summed E-state index contributed by atoms with van der Waals surface area (Å²) in [5.74, 6) is -1.08. The highest BCUT2D eigenvalue weighted by Crippen LogP contribution is 2.14. The van der Waals surface area contributed by atoms with Crippen LogP contribution in [0.3, 0.4) is 0 Å². The highest BCUT2D eigenvalue weighted by atomic mass is 16.4. The molecule has 2 aromatic rings. The molecule has 1 N–H and O–H groups in total. The minimum absolute atomic E-state index is 0.0540. The fourth-order valence-corrected chi connectivity index (χ4v) is 2.34. The molecular weight excluding hydrogens is 270 g/mol. The van der Waals surface area contributed by atoms with Crippen LogP contribution in [0.25, 0.3) is 5.65 Å². The number of aryl methyl sites for hydroxylation is 1. The summed E-state index contributed by atoms with van der Waals surface area (Å²) >= 11 is 0. The summed E-state index contributed by atoms with van der Waals surface area (Å²) in [6.07, 6.45) is 2.52. The number of carbonyl (C=O) groups is 2. The lowest BCUT2D eigenvalue weighted by Gasteiger charge is -2.21. The third-order valence-corrected chi connectivity index (χ3v) is 3.28. The number of pyridine rings is 1. The van der Waals surface area contributed by atoms with Crippen molar-refractivity contribution >= 4 is 17.5 Å². The van der Waals surface area contributed by atoms with Gasteiger partial charge in [0.25, 0.3) is 5.91 Å². The van der Waals surface area contributed by atoms with Crippen LogP contribution in [0.2, 0.25) is 0 Å². The van der Waals surface area contributed by atoms with Gasteiger partial charge in [0.1, 0.15) is 11.3 Å². The molecule has 2 rings (SSSR count). The van der Waals surface area contributed by atoms with Crippen LogP contribution in [-0.4, -0.2) is 44.4 Å². The van der Waals surface area contributed by atoms with Gasteiger partial charge in [0.05, 0.1) is 12.1 Å². The molecule has 0 aliphatic carbocycles. The van der Waals surface area contributed by atoms with Gasteiger partial charge in [-0.1, -0.05) is 13.0 Å². The maximum Gasteiger partial charge on any atom is 0.305 e. The van der Waals surface area contributed by atoms with Crippen molar-refractivity contribution < 1.29 is 14.7 Å². The second-order valence-electron chi connectivity index (χ2n) is 4.91. The van der Waals surface area contributed by atoms with E-state index in [0.29, 0.717) is 23.6 Å². The zero-order valence-corrected chi connectivity index (χ0v) is 12.2. The van der Waals surface area contributed by atoms with E-state index in [4.69, 9.17) is 5.11 Å². The van der Waals surface area contributed by atoms with Crippen molar-refractivity contribution in [3.63, 3.8) is 0 Å². The summed E-state index contributed by atoms with van der Waals surface area (Å²) in [6, 6.07) is 5.54. The Balaban J connectivity index is 2.33. The molecule has 0 aliphatic heterocycles. The third kappa shape index (κ3) is 3.21. The van der Waals surface area contributed by atoms with Crippen LogP contribution in [0.1, 0.15) is 35.9 Å². The first-order chi connectivity index (χ1) is 10.0. The topological polar surface area (TPSA) is 74.9 Å². The van der Waals surface area contributed by atoms with Crippen LogP contribution in [-0.2, 0) is 4.79 Å². The Morgan fingerprint density at radius 1 is 1.33 bits per heavy atom. The predicted octanol–water partition coefficient (Wildman–Crippen LogP) is 1.97. The van der Waals surface area contributed by atoms with Crippen molar-refractivity contribution in [3.8, 4) is 0 Å². The average Bonchev–Trinajstić information content (AvgIpc) is 2.78. The van der Waals surface area contributed by atoms with Crippen LogP contribution in [0.15, 0.2) is 24.4 Å². The number of carbonyl (C=O) groups excluding carboxylic acids is 1. The lowest BCUT2D eigenvalue weighted by molar-refractivity contribution is -0.137. The van der Waals surface area contributed by atoms with Crippen LogP contribution >= 0.6 is 0 Å². The molecule has 6 heteroatoms. The molecule has 0 aromatic carbocycles. The van der Waals surface area contributed by atoms with Gasteiger partial charge < -0.3 is 10.0 Å². The van der Waals surface area contributed by atoms with Gasteiger partial charge in [0.2, 0.25) is 0 Å². The zero-order chi connectivity index (χ0) is 15.4. The van der Waals surface area contributed by atoms with Gasteiger partial charge in [-0.05, 0) is 25.5 Å². The molecule has 0 atom stereocenters. The molecule has 2 aromatic heterocycles. The molecule has 0 saturated heterocycles. The Kier molecular flexibility index (Phi) is 4.57. The van der Waals surface area contributed by atoms with Crippen molar-refractivity contribution in [2.24, 2.45) is 0 Å². The number of fused-ring (bicyclic) bond motifs is 1. The molecule has 0 radical (unpaired) electrons. The van der Waals surface area contributed by atoms with Crippen LogP contribution < -0.4 is 0 Å². The van der Waals surface area contributed by atoms with Gasteiger partial charge in [-0.25, -0.2) is 4.98 Å². The fraction of sp³-hybridized carbons (Fsp3) is 0.400. The standard InChI is InChI=1S/C15H19N3O3/c1-3-8-17(10-7-13(19)20)15(21)14-11(2)16-12-6-4-5-9-18(12)14/h4-6,9H,3,7-8,10H2,1-2H3,(H,19,20). The normalized spacial score (nSPS) is 10.8. The van der Waals surface area contributed by atoms with Crippen molar-refractivity contribution in [1.82, 2.24) is 14.3 Å². The molecule has 112 valence electrons. The van der Waals surface area contributed by atoms with Crippen LogP contribution in [0, 0.1) is 6.92 Å². The van der Waals surface area contributed by atoms with E-state index in [2.05, 4.69) is 4.98 Å². The van der Waals surface area contributed by atoms with E-state index < -0.39 is 5.97 Å². The van der Waals surface area contributed by atoms with E-state index in [0.717, 1.165) is 6.42 Å². The lowest BCUT2D eigenvalue weighted by atomic mass is 10.2. The minimum Gasteiger partial charge on any atom is -0.481 e. The highest BCUT2D eigenvalue weighted by molar-refractivity contribution is 5.94. The van der Waals surface area contributed by atoms with Crippen molar-refractivity contribution in [1.29, 1.82) is 0 Å². The zero-order valence-electron chi connectivity index (χ0n) is 12.2. The fourth-order valence-electron chi connectivity index (χ4n) is 2.34. The van der Waals surface area contributed by atoms with E-state index in [-0.39, 0.29) is 18.9 Å². The second-order valence-corrected chi connectivity index (χ2v) is 4.91. The van der Waals surface area contributed by atoms with Crippen LogP contribution in [0.5, 0.6) is 0 Å². The monoisotopic (exact) mass is 289 g/mol. The smallest absolute Gasteiger partial charge is 0.305 e. The number of rotatable bonds is 6. The van der Waals surface area contributed by atoms with Gasteiger partial charge in [0, 0.05) is 19.3 Å². The van der Waals surface area contributed by atoms with Crippen molar-refractivity contribution in [3.05, 3.63) is 35.8 Å². The Labute approximate surface area is 123 Å². The van der Waals surface area contributed by atoms with Gasteiger partial charge in [-0.2, -0.15) is 0 Å². The molecule has 1 amide bonds. The van der Waals surface area contributed by atoms with E-state index in [1.807, 2.05) is 25.1 Å². The minimum atomic E-state index is -0.904. The molecule has 0 bridgehead atoms. The maximum absolute atomic E-state index is 12.7. The quantitative estimate of drug-likeness (QED) is 0.882. The van der Waals surface area contributed by atoms with E-state index in [9.17, 15) is 9.59 Å². The first kappa shape index (κ1) is 15.0. The number of carboxylic acids is 1. The Hall–Kier alpha value is -2.37. The second kappa shape index (κ2) is 6.39. The predicted molar refractivity (Wildman–Crippen MR) is 78.4 cm³/mol. The number of aromatic nitrogens is 2. The summed E-state index contributed by atoms with van der Waals surface area (Å²) in [7, 11) is 0. The number of aliphatic carboxylic acids is 1. The lowest BCUT2D eigenvalue weighted by Crippen LogP contribution is -2.34. The molecule has 2 heterocycles. The summed E-state index contributed by atoms with van der Waals surface area (Å²) in [5.41, 5.74) is 1.88. The van der Waals surface area contributed by atoms with E-state index in [1.54, 1.807) is 22.4 Å². The Morgan fingerprint density at radius 2 is 2.10 bits per heavy atom. The van der Waals surface area contributed by atoms with Gasteiger partial charge >= 0.3 is 5.97 Å². The molecule has 0 saturated carbocycles. The first-order valence-corrected chi connectivity index (χ1v) is 6.99. The summed E-state index contributed by atoms with van der Waals surface area (Å²) in [5, 5.41) is 8.81. The number of carboxylic acid groups (broad SMARTS) is 1. The Morgan fingerprint density at radius 3 is 2.76 bits per heavy atom. The maximum atomic E-state index is 12.7. The van der Waals surface area contributed by atoms with Gasteiger partial charge in [0.15, 0.2) is 0 Å². The molecule has 6 nitrogen and oxygen atoms in total. The summed E-state index contributed by atoms with van der Waals surface area (Å²) in [4.78, 5) is 29.4. The van der Waals surface area contributed by atoms with E-state index >= 15 is 0 Å². The molecule has 21 heavy (non-hydrogen) atoms. The summed E-state index contributed by atoms with van der Waals surface area (Å²) in [6.45, 7) is 4.50. The summed E-state index contributed by atoms with van der Waals surface area (Å²) < 4.78 is 1.75. The highest BCUT2D eigenvalue weighted by Gasteiger charge is 2.22. The number of hydrogen-bond donors (Lipinski definition) is 1. The molecular formula is C15H19N3O3. The largest absolute Gasteiger partial charge is 0.481 e. The number of nitrogens with zero attached hydrogens (tertiary/aromatic N) is 3. The number of imidazole rings is 1. The number of amides is 1. The molecule has 0 spiro atoms. The SMILES string of the molecule is CCCN(CCC(=O)O)C(=O)c1c(C)nc2ccccn12.